The van der Waals surface area contributed by atoms with Gasteiger partial charge in [0.15, 0.2) is 11.5 Å². The summed E-state index contributed by atoms with van der Waals surface area (Å²) in [5.41, 5.74) is 9.90. The van der Waals surface area contributed by atoms with E-state index in [4.69, 9.17) is 20.2 Å². The second kappa shape index (κ2) is 6.69. The van der Waals surface area contributed by atoms with Gasteiger partial charge in [0.25, 0.3) is 5.56 Å². The third-order valence-electron chi connectivity index (χ3n) is 5.21. The number of rotatable bonds is 3. The molecule has 0 bridgehead atoms. The van der Waals surface area contributed by atoms with Gasteiger partial charge in [-0.1, -0.05) is 12.1 Å². The van der Waals surface area contributed by atoms with Gasteiger partial charge in [-0.3, -0.25) is 9.69 Å². The van der Waals surface area contributed by atoms with Crippen molar-refractivity contribution < 1.29 is 9.47 Å². The van der Waals surface area contributed by atoms with Crippen molar-refractivity contribution in [3.8, 4) is 22.9 Å². The van der Waals surface area contributed by atoms with E-state index < -0.39 is 0 Å². The minimum atomic E-state index is -0.0613. The van der Waals surface area contributed by atoms with Crippen molar-refractivity contribution >= 4 is 5.69 Å². The molecule has 28 heavy (non-hydrogen) atoms. The first kappa shape index (κ1) is 16.8. The zero-order valence-corrected chi connectivity index (χ0v) is 15.3. The largest absolute Gasteiger partial charge is 0.454 e. The van der Waals surface area contributed by atoms with Gasteiger partial charge in [0.1, 0.15) is 5.82 Å². The van der Waals surface area contributed by atoms with Crippen molar-refractivity contribution in [2.24, 2.45) is 0 Å². The molecular weight excluding hydrogens is 356 g/mol. The number of aromatic amines is 1. The zero-order valence-electron chi connectivity index (χ0n) is 15.3. The molecule has 2 aliphatic rings. The van der Waals surface area contributed by atoms with E-state index in [1.54, 1.807) is 12.1 Å². The Morgan fingerprint density at radius 1 is 1.14 bits per heavy atom. The van der Waals surface area contributed by atoms with E-state index in [2.05, 4.69) is 9.88 Å². The van der Waals surface area contributed by atoms with E-state index in [1.165, 1.54) is 0 Å². The Kier molecular flexibility index (Phi) is 4.02. The van der Waals surface area contributed by atoms with Crippen LogP contribution in [0.3, 0.4) is 0 Å². The SMILES string of the molecule is Nc1ccc(-c2nc3c(c(=O)[nH]2)CCN(Cc2cccc4c2OCO4)C3)cc1. The van der Waals surface area contributed by atoms with Crippen molar-refractivity contribution in [3.63, 3.8) is 0 Å². The standard InChI is InChI=1S/C21H20N4O3/c22-15-6-4-13(5-7-15)20-23-17-11-25(9-8-16(17)21(26)24-20)10-14-2-1-3-18-19(14)28-12-27-18/h1-7H,8-12,22H2,(H,23,24,26). The Bertz CT molecular complexity index is 1090. The lowest BCUT2D eigenvalue weighted by Crippen LogP contribution is -2.35. The van der Waals surface area contributed by atoms with Crippen LogP contribution >= 0.6 is 0 Å². The highest BCUT2D eigenvalue weighted by molar-refractivity contribution is 5.58. The van der Waals surface area contributed by atoms with E-state index in [0.29, 0.717) is 24.5 Å². The Morgan fingerprint density at radius 2 is 2.00 bits per heavy atom. The van der Waals surface area contributed by atoms with E-state index >= 15 is 0 Å². The van der Waals surface area contributed by atoms with Crippen molar-refractivity contribution in [1.29, 1.82) is 0 Å². The third-order valence-corrected chi connectivity index (χ3v) is 5.21. The summed E-state index contributed by atoms with van der Waals surface area (Å²) in [6.45, 7) is 2.39. The first-order valence-electron chi connectivity index (χ1n) is 9.25. The van der Waals surface area contributed by atoms with Gasteiger partial charge in [-0.05, 0) is 36.8 Å². The zero-order chi connectivity index (χ0) is 19.1. The van der Waals surface area contributed by atoms with Gasteiger partial charge in [-0.15, -0.1) is 0 Å². The summed E-state index contributed by atoms with van der Waals surface area (Å²) < 4.78 is 11.1. The molecule has 0 amide bonds. The molecule has 0 atom stereocenters. The molecule has 0 spiro atoms. The lowest BCUT2D eigenvalue weighted by molar-refractivity contribution is 0.171. The Hall–Kier alpha value is -3.32. The number of aromatic nitrogens is 2. The average Bonchev–Trinajstić information content (AvgIpc) is 3.18. The Morgan fingerprint density at radius 3 is 2.86 bits per heavy atom. The van der Waals surface area contributed by atoms with Crippen molar-refractivity contribution in [2.45, 2.75) is 19.5 Å². The highest BCUT2D eigenvalue weighted by atomic mass is 16.7. The fourth-order valence-electron chi connectivity index (χ4n) is 3.76. The molecule has 0 unspecified atom stereocenters. The molecule has 7 nitrogen and oxygen atoms in total. The summed E-state index contributed by atoms with van der Waals surface area (Å²) in [4.78, 5) is 22.5. The van der Waals surface area contributed by atoms with E-state index in [-0.39, 0.29) is 12.4 Å². The van der Waals surface area contributed by atoms with Gasteiger partial charge in [0.05, 0.1) is 5.69 Å². The van der Waals surface area contributed by atoms with Crippen LogP contribution in [0.5, 0.6) is 11.5 Å². The molecular formula is C21H20N4O3. The van der Waals surface area contributed by atoms with Gasteiger partial charge in [-0.2, -0.15) is 0 Å². The quantitative estimate of drug-likeness (QED) is 0.682. The number of nitrogens with two attached hydrogens (primary N) is 1. The maximum atomic E-state index is 12.6. The molecule has 7 heteroatoms. The minimum absolute atomic E-state index is 0.0613. The second-order valence-electron chi connectivity index (χ2n) is 7.07. The molecule has 0 aliphatic carbocycles. The molecule has 3 N–H and O–H groups in total. The molecule has 3 heterocycles. The molecule has 0 saturated heterocycles. The first-order chi connectivity index (χ1) is 13.7. The highest BCUT2D eigenvalue weighted by Crippen LogP contribution is 2.36. The number of nitrogen functional groups attached to an aromatic ring is 1. The fraction of sp³-hybridized carbons (Fsp3) is 0.238. The van der Waals surface area contributed by atoms with Crippen LogP contribution in [0.1, 0.15) is 16.8 Å². The Labute approximate surface area is 161 Å². The van der Waals surface area contributed by atoms with Crippen LogP contribution in [0.15, 0.2) is 47.3 Å². The van der Waals surface area contributed by atoms with Crippen LogP contribution in [-0.4, -0.2) is 28.2 Å². The van der Waals surface area contributed by atoms with Crippen LogP contribution in [0.2, 0.25) is 0 Å². The van der Waals surface area contributed by atoms with Gasteiger partial charge >= 0.3 is 0 Å². The lowest BCUT2D eigenvalue weighted by atomic mass is 10.0. The summed E-state index contributed by atoms with van der Waals surface area (Å²) in [5.74, 6) is 2.17. The van der Waals surface area contributed by atoms with Crippen LogP contribution in [0.25, 0.3) is 11.4 Å². The van der Waals surface area contributed by atoms with Crippen LogP contribution in [0, 0.1) is 0 Å². The smallest absolute Gasteiger partial charge is 0.254 e. The van der Waals surface area contributed by atoms with Gasteiger partial charge in [-0.25, -0.2) is 4.98 Å². The molecule has 5 rings (SSSR count). The van der Waals surface area contributed by atoms with Crippen LogP contribution in [-0.2, 0) is 19.5 Å². The van der Waals surface area contributed by atoms with E-state index in [0.717, 1.165) is 47.0 Å². The molecule has 0 fully saturated rings. The van der Waals surface area contributed by atoms with Crippen molar-refractivity contribution in [3.05, 3.63) is 69.6 Å². The predicted octanol–water partition coefficient (Wildman–Crippen LogP) is 2.31. The molecule has 0 radical (unpaired) electrons. The normalized spacial score (nSPS) is 15.4. The number of anilines is 1. The molecule has 2 aliphatic heterocycles. The topological polar surface area (TPSA) is 93.5 Å². The number of fused-ring (bicyclic) bond motifs is 2. The molecule has 3 aromatic rings. The third kappa shape index (κ3) is 2.99. The minimum Gasteiger partial charge on any atom is -0.454 e. The maximum absolute atomic E-state index is 12.6. The molecule has 1 aromatic heterocycles. The van der Waals surface area contributed by atoms with E-state index in [1.807, 2.05) is 30.3 Å². The summed E-state index contributed by atoms with van der Waals surface area (Å²) in [6.07, 6.45) is 0.673. The van der Waals surface area contributed by atoms with Crippen molar-refractivity contribution in [2.75, 3.05) is 19.1 Å². The number of ether oxygens (including phenoxy) is 2. The summed E-state index contributed by atoms with van der Waals surface area (Å²) in [7, 11) is 0. The molecule has 142 valence electrons. The number of nitrogens with one attached hydrogen (secondary N) is 1. The summed E-state index contributed by atoms with van der Waals surface area (Å²) in [5, 5.41) is 0. The summed E-state index contributed by atoms with van der Waals surface area (Å²) in [6, 6.07) is 13.3. The maximum Gasteiger partial charge on any atom is 0.254 e. The number of H-pyrrole nitrogens is 1. The lowest BCUT2D eigenvalue weighted by Gasteiger charge is -2.28. The number of hydrogen-bond donors (Lipinski definition) is 2. The van der Waals surface area contributed by atoms with Crippen LogP contribution < -0.4 is 20.8 Å². The molecule has 2 aromatic carbocycles. The van der Waals surface area contributed by atoms with Gasteiger partial charge in [0, 0.05) is 42.0 Å². The van der Waals surface area contributed by atoms with Crippen molar-refractivity contribution in [1.82, 2.24) is 14.9 Å². The van der Waals surface area contributed by atoms with E-state index in [9.17, 15) is 4.79 Å². The van der Waals surface area contributed by atoms with Crippen LogP contribution in [0.4, 0.5) is 5.69 Å². The number of para-hydroxylation sites is 1. The predicted molar refractivity (Wildman–Crippen MR) is 105 cm³/mol. The Balaban J connectivity index is 1.43. The highest BCUT2D eigenvalue weighted by Gasteiger charge is 2.24. The number of nitrogens with zero attached hydrogens (tertiary/aromatic N) is 2. The molecule has 0 saturated carbocycles. The second-order valence-corrected chi connectivity index (χ2v) is 7.07. The average molecular weight is 376 g/mol. The monoisotopic (exact) mass is 376 g/mol. The fourth-order valence-corrected chi connectivity index (χ4v) is 3.76. The first-order valence-corrected chi connectivity index (χ1v) is 9.25. The number of benzene rings is 2. The summed E-state index contributed by atoms with van der Waals surface area (Å²) >= 11 is 0. The van der Waals surface area contributed by atoms with Gasteiger partial charge in [0.2, 0.25) is 6.79 Å². The van der Waals surface area contributed by atoms with Gasteiger partial charge < -0.3 is 20.2 Å². The number of hydrogen-bond acceptors (Lipinski definition) is 6.